The lowest BCUT2D eigenvalue weighted by molar-refractivity contribution is 0.0491. The second kappa shape index (κ2) is 5.96. The highest BCUT2D eigenvalue weighted by molar-refractivity contribution is 5.98. The third-order valence-electron chi connectivity index (χ3n) is 3.07. The van der Waals surface area contributed by atoms with Gasteiger partial charge in [0.05, 0.1) is 18.6 Å². The van der Waals surface area contributed by atoms with Crippen molar-refractivity contribution in [1.82, 2.24) is 0 Å². The summed E-state index contributed by atoms with van der Waals surface area (Å²) in [6, 6.07) is 3.45. The van der Waals surface area contributed by atoms with Crippen molar-refractivity contribution in [2.75, 3.05) is 13.2 Å². The molecule has 0 saturated heterocycles. The number of fused-ring (bicyclic) bond motifs is 1. The van der Waals surface area contributed by atoms with Crippen LogP contribution in [-0.4, -0.2) is 24.3 Å². The van der Waals surface area contributed by atoms with Crippen LogP contribution in [0.1, 0.15) is 35.5 Å². The molecule has 20 heavy (non-hydrogen) atoms. The fourth-order valence-electron chi connectivity index (χ4n) is 2.08. The van der Waals surface area contributed by atoms with Crippen molar-refractivity contribution in [3.05, 3.63) is 29.0 Å². The van der Waals surface area contributed by atoms with E-state index in [1.54, 1.807) is 26.0 Å². The summed E-state index contributed by atoms with van der Waals surface area (Å²) in [7, 11) is 0. The van der Waals surface area contributed by atoms with Gasteiger partial charge >= 0.3 is 5.97 Å². The topological polar surface area (TPSA) is 68.9 Å². The highest BCUT2D eigenvalue weighted by Gasteiger charge is 2.22. The Kier molecular flexibility index (Phi) is 4.29. The van der Waals surface area contributed by atoms with Crippen LogP contribution in [0, 0.1) is 6.92 Å². The van der Waals surface area contributed by atoms with Crippen molar-refractivity contribution in [3.8, 4) is 5.75 Å². The fourth-order valence-corrected chi connectivity index (χ4v) is 2.08. The number of ether oxygens (including phenoxy) is 2. The molecular formula is C15H18O5. The summed E-state index contributed by atoms with van der Waals surface area (Å²) in [6.45, 7) is 6.50. The Morgan fingerprint density at radius 1 is 1.30 bits per heavy atom. The van der Waals surface area contributed by atoms with Crippen LogP contribution in [0.25, 0.3) is 11.0 Å². The Labute approximate surface area is 117 Å². The summed E-state index contributed by atoms with van der Waals surface area (Å²) in [5.41, 5.74) is 1.70. The van der Waals surface area contributed by atoms with Crippen molar-refractivity contribution in [2.24, 2.45) is 0 Å². The molecule has 0 spiro atoms. The normalized spacial score (nSPS) is 10.9. The molecule has 0 bridgehead atoms. The van der Waals surface area contributed by atoms with E-state index in [0.29, 0.717) is 35.3 Å². The van der Waals surface area contributed by atoms with Crippen molar-refractivity contribution in [3.63, 3.8) is 0 Å². The summed E-state index contributed by atoms with van der Waals surface area (Å²) in [6.07, 6.45) is 0. The number of furan rings is 1. The summed E-state index contributed by atoms with van der Waals surface area (Å²) in [5, 5.41) is 10.8. The van der Waals surface area contributed by atoms with E-state index in [0.717, 1.165) is 0 Å². The number of carbonyl (C=O) groups is 1. The van der Waals surface area contributed by atoms with Crippen molar-refractivity contribution in [1.29, 1.82) is 0 Å². The molecule has 108 valence electrons. The van der Waals surface area contributed by atoms with E-state index in [4.69, 9.17) is 13.9 Å². The number of aromatic hydroxyl groups is 1. The predicted molar refractivity (Wildman–Crippen MR) is 73.9 cm³/mol. The Bertz CT molecular complexity index is 627. The minimum Gasteiger partial charge on any atom is -0.507 e. The maximum Gasteiger partial charge on any atom is 0.374 e. The van der Waals surface area contributed by atoms with Gasteiger partial charge in [-0.1, -0.05) is 0 Å². The van der Waals surface area contributed by atoms with Crippen LogP contribution in [0.3, 0.4) is 0 Å². The SMILES string of the molecule is CCOCc1ccc2oc(C(=O)OCC)c(C)c2c1O. The fraction of sp³-hybridized carbons (Fsp3) is 0.400. The maximum absolute atomic E-state index is 11.8. The van der Waals surface area contributed by atoms with Gasteiger partial charge in [0.1, 0.15) is 11.3 Å². The van der Waals surface area contributed by atoms with Crippen LogP contribution in [-0.2, 0) is 16.1 Å². The highest BCUT2D eigenvalue weighted by Crippen LogP contribution is 2.35. The van der Waals surface area contributed by atoms with E-state index in [2.05, 4.69) is 0 Å². The van der Waals surface area contributed by atoms with Crippen LogP contribution in [0.2, 0.25) is 0 Å². The Balaban J connectivity index is 2.49. The number of hydrogen-bond acceptors (Lipinski definition) is 5. The van der Waals surface area contributed by atoms with E-state index >= 15 is 0 Å². The van der Waals surface area contributed by atoms with E-state index in [9.17, 15) is 9.90 Å². The number of phenols is 1. The zero-order valence-corrected chi connectivity index (χ0v) is 11.9. The molecule has 0 atom stereocenters. The predicted octanol–water partition coefficient (Wildman–Crippen LogP) is 3.16. The first-order valence-corrected chi connectivity index (χ1v) is 6.58. The number of esters is 1. The third kappa shape index (κ3) is 2.49. The minimum absolute atomic E-state index is 0.0905. The third-order valence-corrected chi connectivity index (χ3v) is 3.07. The lowest BCUT2D eigenvalue weighted by atomic mass is 10.1. The molecule has 0 fully saturated rings. The molecular weight excluding hydrogens is 260 g/mol. The minimum atomic E-state index is -0.521. The number of benzene rings is 1. The molecule has 5 heteroatoms. The molecule has 0 aliphatic heterocycles. The van der Waals surface area contributed by atoms with Gasteiger partial charge in [-0.15, -0.1) is 0 Å². The average molecular weight is 278 g/mol. The lowest BCUT2D eigenvalue weighted by Gasteiger charge is -2.05. The standard InChI is InChI=1S/C15H18O5/c1-4-18-8-10-6-7-11-12(13(10)16)9(3)14(20-11)15(17)19-5-2/h6-7,16H,4-5,8H2,1-3H3. The van der Waals surface area contributed by atoms with Crippen LogP contribution in [0.4, 0.5) is 0 Å². The molecule has 2 rings (SSSR count). The van der Waals surface area contributed by atoms with Gasteiger partial charge in [-0.05, 0) is 32.9 Å². The van der Waals surface area contributed by atoms with E-state index in [1.165, 1.54) is 0 Å². The van der Waals surface area contributed by atoms with Gasteiger partial charge in [-0.2, -0.15) is 0 Å². The molecule has 0 amide bonds. The quantitative estimate of drug-likeness (QED) is 0.851. The van der Waals surface area contributed by atoms with Gasteiger partial charge in [-0.3, -0.25) is 0 Å². The first-order chi connectivity index (χ1) is 9.60. The van der Waals surface area contributed by atoms with Gasteiger partial charge in [-0.25, -0.2) is 4.79 Å². The largest absolute Gasteiger partial charge is 0.507 e. The average Bonchev–Trinajstić information content (AvgIpc) is 2.76. The zero-order valence-electron chi connectivity index (χ0n) is 11.9. The Hall–Kier alpha value is -2.01. The molecule has 5 nitrogen and oxygen atoms in total. The highest BCUT2D eigenvalue weighted by atomic mass is 16.5. The molecule has 0 saturated carbocycles. The number of aryl methyl sites for hydroxylation is 1. The Morgan fingerprint density at radius 2 is 2.05 bits per heavy atom. The molecule has 1 heterocycles. The second-order valence-electron chi connectivity index (χ2n) is 4.36. The van der Waals surface area contributed by atoms with E-state index in [1.807, 2.05) is 6.92 Å². The maximum atomic E-state index is 11.8. The zero-order chi connectivity index (χ0) is 14.7. The molecule has 1 aromatic heterocycles. The monoisotopic (exact) mass is 278 g/mol. The summed E-state index contributed by atoms with van der Waals surface area (Å²) >= 11 is 0. The van der Waals surface area contributed by atoms with Gasteiger partial charge < -0.3 is 19.0 Å². The van der Waals surface area contributed by atoms with Crippen LogP contribution in [0.15, 0.2) is 16.5 Å². The van der Waals surface area contributed by atoms with Crippen molar-refractivity contribution in [2.45, 2.75) is 27.4 Å². The van der Waals surface area contributed by atoms with E-state index < -0.39 is 5.97 Å². The summed E-state index contributed by atoms with van der Waals surface area (Å²) in [5.74, 6) is -0.301. The lowest BCUT2D eigenvalue weighted by Crippen LogP contribution is -2.04. The van der Waals surface area contributed by atoms with Gasteiger partial charge in [0, 0.05) is 17.7 Å². The molecule has 1 N–H and O–H groups in total. The van der Waals surface area contributed by atoms with Gasteiger partial charge in [0.15, 0.2) is 0 Å². The van der Waals surface area contributed by atoms with E-state index in [-0.39, 0.29) is 18.1 Å². The van der Waals surface area contributed by atoms with Crippen molar-refractivity contribution < 1.29 is 23.8 Å². The van der Waals surface area contributed by atoms with Gasteiger partial charge in [0.25, 0.3) is 0 Å². The number of rotatable bonds is 5. The Morgan fingerprint density at radius 3 is 2.70 bits per heavy atom. The van der Waals surface area contributed by atoms with Crippen molar-refractivity contribution >= 4 is 16.9 Å². The molecule has 0 aliphatic carbocycles. The van der Waals surface area contributed by atoms with Crippen LogP contribution < -0.4 is 0 Å². The first kappa shape index (κ1) is 14.4. The molecule has 0 unspecified atom stereocenters. The smallest absolute Gasteiger partial charge is 0.374 e. The molecule has 1 aromatic carbocycles. The number of phenolic OH excluding ortho intramolecular Hbond substituents is 1. The first-order valence-electron chi connectivity index (χ1n) is 6.58. The number of carbonyl (C=O) groups excluding carboxylic acids is 1. The summed E-state index contributed by atoms with van der Waals surface area (Å²) in [4.78, 5) is 11.8. The van der Waals surface area contributed by atoms with Crippen LogP contribution >= 0.6 is 0 Å². The second-order valence-corrected chi connectivity index (χ2v) is 4.36. The number of hydrogen-bond donors (Lipinski definition) is 1. The van der Waals surface area contributed by atoms with Crippen LogP contribution in [0.5, 0.6) is 5.75 Å². The van der Waals surface area contributed by atoms with Gasteiger partial charge in [0.2, 0.25) is 5.76 Å². The molecule has 0 aliphatic rings. The molecule has 2 aromatic rings. The molecule has 0 radical (unpaired) electrons. The summed E-state index contributed by atoms with van der Waals surface area (Å²) < 4.78 is 15.7.